The summed E-state index contributed by atoms with van der Waals surface area (Å²) in [6.45, 7) is 5.39. The summed E-state index contributed by atoms with van der Waals surface area (Å²) in [5.41, 5.74) is 1.26. The second kappa shape index (κ2) is 8.34. The number of hydrogen-bond donors (Lipinski definition) is 1. The molecular formula is C21H23F2N5O. The molecule has 8 heteroatoms. The van der Waals surface area contributed by atoms with Gasteiger partial charge in [-0.1, -0.05) is 6.07 Å². The van der Waals surface area contributed by atoms with Crippen molar-refractivity contribution in [3.63, 3.8) is 0 Å². The van der Waals surface area contributed by atoms with Crippen molar-refractivity contribution in [3.05, 3.63) is 59.9 Å². The fraction of sp³-hybridized carbons (Fsp3) is 0.381. The summed E-state index contributed by atoms with van der Waals surface area (Å²) in [5, 5.41) is 3.22. The van der Waals surface area contributed by atoms with Gasteiger partial charge in [0.1, 0.15) is 23.0 Å². The van der Waals surface area contributed by atoms with E-state index in [2.05, 4.69) is 25.2 Å². The predicted octanol–water partition coefficient (Wildman–Crippen LogP) is 3.57. The highest BCUT2D eigenvalue weighted by atomic mass is 19.1. The smallest absolute Gasteiger partial charge is 0.180 e. The number of nitrogens with zero attached hydrogens (tertiary/aromatic N) is 4. The second-order valence-electron chi connectivity index (χ2n) is 7.34. The number of benzene rings is 1. The van der Waals surface area contributed by atoms with Gasteiger partial charge in [0.2, 0.25) is 0 Å². The van der Waals surface area contributed by atoms with Crippen LogP contribution in [0.2, 0.25) is 0 Å². The normalized spacial score (nSPS) is 21.2. The van der Waals surface area contributed by atoms with Gasteiger partial charge in [-0.25, -0.2) is 18.7 Å². The number of halogens is 2. The number of ether oxygens (including phenoxy) is 1. The zero-order chi connectivity index (χ0) is 20.4. The molecule has 1 saturated heterocycles. The molecule has 3 aromatic rings. The monoisotopic (exact) mass is 399 g/mol. The average molecular weight is 399 g/mol. The topological polar surface area (TPSA) is 63.2 Å². The maximum absolute atomic E-state index is 14.6. The Balaban J connectivity index is 1.62. The highest BCUT2D eigenvalue weighted by Gasteiger charge is 2.32. The molecule has 3 unspecified atom stereocenters. The first-order valence-corrected chi connectivity index (χ1v) is 9.66. The Kier molecular flexibility index (Phi) is 5.64. The molecule has 152 valence electrons. The molecule has 3 atom stereocenters. The third-order valence-electron chi connectivity index (χ3n) is 5.03. The average Bonchev–Trinajstić information content (AvgIpc) is 2.69. The number of anilines is 1. The molecule has 0 radical (unpaired) electrons. The molecule has 1 aliphatic rings. The summed E-state index contributed by atoms with van der Waals surface area (Å²) >= 11 is 0. The summed E-state index contributed by atoms with van der Waals surface area (Å²) in [6.07, 6.45) is 3.14. The van der Waals surface area contributed by atoms with Gasteiger partial charge in [0, 0.05) is 37.6 Å². The molecule has 0 bridgehead atoms. The Bertz CT molecular complexity index is 971. The maximum atomic E-state index is 14.6. The summed E-state index contributed by atoms with van der Waals surface area (Å²) in [7, 11) is 0. The zero-order valence-corrected chi connectivity index (χ0v) is 16.3. The van der Waals surface area contributed by atoms with E-state index in [1.807, 2.05) is 19.9 Å². The minimum atomic E-state index is -0.555. The second-order valence-corrected chi connectivity index (χ2v) is 7.34. The van der Waals surface area contributed by atoms with Crippen molar-refractivity contribution in [2.45, 2.75) is 32.1 Å². The number of rotatable bonds is 5. The highest BCUT2D eigenvalue weighted by molar-refractivity contribution is 5.71. The Morgan fingerprint density at radius 1 is 1.07 bits per heavy atom. The molecule has 0 saturated carbocycles. The molecule has 0 spiro atoms. The molecule has 1 aromatic carbocycles. The Morgan fingerprint density at radius 2 is 1.76 bits per heavy atom. The van der Waals surface area contributed by atoms with Crippen molar-refractivity contribution in [2.75, 3.05) is 25.0 Å². The van der Waals surface area contributed by atoms with Crippen LogP contribution in [0.25, 0.3) is 11.2 Å². The lowest BCUT2D eigenvalue weighted by Crippen LogP contribution is -2.48. The molecule has 2 aromatic heterocycles. The van der Waals surface area contributed by atoms with E-state index in [1.54, 1.807) is 18.5 Å². The van der Waals surface area contributed by atoms with Crippen molar-refractivity contribution in [1.82, 2.24) is 19.9 Å². The summed E-state index contributed by atoms with van der Waals surface area (Å²) in [4.78, 5) is 14.9. The molecule has 6 nitrogen and oxygen atoms in total. The number of pyridine rings is 1. The van der Waals surface area contributed by atoms with E-state index in [1.165, 1.54) is 18.2 Å². The number of hydrogen-bond acceptors (Lipinski definition) is 6. The Hall–Kier alpha value is -2.71. The fourth-order valence-corrected chi connectivity index (χ4v) is 3.87. The molecule has 29 heavy (non-hydrogen) atoms. The van der Waals surface area contributed by atoms with E-state index in [0.717, 1.165) is 0 Å². The standard InChI is InChI=1S/C21H23F2N5O/c1-13-11-28(12-14(2)29-13)18(20-15(22)4-3-5-16(20)23)10-26-19-7-6-17-21(27-19)25-9-8-24-17/h3-9,13-14,18H,10-12H2,1-2H3,(H,25,26,27). The van der Waals surface area contributed by atoms with Crippen LogP contribution < -0.4 is 5.32 Å². The van der Waals surface area contributed by atoms with E-state index in [9.17, 15) is 8.78 Å². The predicted molar refractivity (Wildman–Crippen MR) is 107 cm³/mol. The molecule has 4 rings (SSSR count). The van der Waals surface area contributed by atoms with E-state index in [0.29, 0.717) is 30.1 Å². The minimum Gasteiger partial charge on any atom is -0.373 e. The fourth-order valence-electron chi connectivity index (χ4n) is 3.87. The Morgan fingerprint density at radius 3 is 2.48 bits per heavy atom. The van der Waals surface area contributed by atoms with Gasteiger partial charge >= 0.3 is 0 Å². The van der Waals surface area contributed by atoms with Crippen LogP contribution in [0.5, 0.6) is 0 Å². The molecule has 0 aliphatic carbocycles. The molecule has 1 N–H and O–H groups in total. The lowest BCUT2D eigenvalue weighted by atomic mass is 10.0. The summed E-state index contributed by atoms with van der Waals surface area (Å²) < 4.78 is 35.0. The zero-order valence-electron chi connectivity index (χ0n) is 16.3. The molecule has 1 fully saturated rings. The van der Waals surface area contributed by atoms with Crippen LogP contribution in [0.15, 0.2) is 42.7 Å². The van der Waals surface area contributed by atoms with Gasteiger partial charge < -0.3 is 10.1 Å². The van der Waals surface area contributed by atoms with Gasteiger partial charge in [-0.05, 0) is 38.1 Å². The third kappa shape index (κ3) is 4.33. The lowest BCUT2D eigenvalue weighted by Gasteiger charge is -2.40. The maximum Gasteiger partial charge on any atom is 0.180 e. The Labute approximate surface area is 167 Å². The van der Waals surface area contributed by atoms with Crippen LogP contribution in [0.4, 0.5) is 14.6 Å². The van der Waals surface area contributed by atoms with Crippen LogP contribution in [-0.2, 0) is 4.74 Å². The van der Waals surface area contributed by atoms with E-state index >= 15 is 0 Å². The molecular weight excluding hydrogens is 376 g/mol. The minimum absolute atomic E-state index is 0.0230. The quantitative estimate of drug-likeness (QED) is 0.708. The van der Waals surface area contributed by atoms with Crippen molar-refractivity contribution < 1.29 is 13.5 Å². The van der Waals surface area contributed by atoms with Crippen molar-refractivity contribution in [2.24, 2.45) is 0 Å². The van der Waals surface area contributed by atoms with Crippen LogP contribution in [-0.4, -0.2) is 51.7 Å². The number of aromatic nitrogens is 3. The first-order chi connectivity index (χ1) is 14.0. The summed E-state index contributed by atoms with van der Waals surface area (Å²) in [5.74, 6) is -0.532. The van der Waals surface area contributed by atoms with Gasteiger partial charge in [-0.15, -0.1) is 0 Å². The van der Waals surface area contributed by atoms with E-state index in [-0.39, 0.29) is 24.3 Å². The first-order valence-electron chi connectivity index (χ1n) is 9.66. The molecule has 0 amide bonds. The largest absolute Gasteiger partial charge is 0.373 e. The van der Waals surface area contributed by atoms with Gasteiger partial charge in [0.05, 0.1) is 18.2 Å². The molecule has 3 heterocycles. The van der Waals surface area contributed by atoms with Crippen LogP contribution in [0.3, 0.4) is 0 Å². The molecule has 1 aliphatic heterocycles. The van der Waals surface area contributed by atoms with Crippen LogP contribution >= 0.6 is 0 Å². The van der Waals surface area contributed by atoms with Crippen molar-refractivity contribution >= 4 is 17.0 Å². The van der Waals surface area contributed by atoms with Crippen LogP contribution in [0.1, 0.15) is 25.5 Å². The number of morpholine rings is 1. The van der Waals surface area contributed by atoms with Gasteiger partial charge in [-0.3, -0.25) is 9.88 Å². The SMILES string of the molecule is CC1CN(C(CNc2ccc3nccnc3n2)c2c(F)cccc2F)CC(C)O1. The van der Waals surface area contributed by atoms with Gasteiger partial charge in [0.25, 0.3) is 0 Å². The third-order valence-corrected chi connectivity index (χ3v) is 5.03. The first kappa shape index (κ1) is 19.6. The number of nitrogens with one attached hydrogen (secondary N) is 1. The number of fused-ring (bicyclic) bond motifs is 1. The van der Waals surface area contributed by atoms with Crippen molar-refractivity contribution in [1.29, 1.82) is 0 Å². The van der Waals surface area contributed by atoms with Crippen LogP contribution in [0, 0.1) is 11.6 Å². The van der Waals surface area contributed by atoms with Gasteiger partial charge in [0.15, 0.2) is 5.65 Å². The van der Waals surface area contributed by atoms with E-state index < -0.39 is 17.7 Å². The van der Waals surface area contributed by atoms with Crippen molar-refractivity contribution in [3.8, 4) is 0 Å². The highest BCUT2D eigenvalue weighted by Crippen LogP contribution is 2.29. The van der Waals surface area contributed by atoms with Gasteiger partial charge in [-0.2, -0.15) is 0 Å². The lowest BCUT2D eigenvalue weighted by molar-refractivity contribution is -0.0801. The summed E-state index contributed by atoms with van der Waals surface area (Å²) in [6, 6.07) is 7.06. The van der Waals surface area contributed by atoms with E-state index in [4.69, 9.17) is 4.74 Å².